The zero-order valence-electron chi connectivity index (χ0n) is 11.3. The fourth-order valence-corrected chi connectivity index (χ4v) is 1.14. The van der Waals surface area contributed by atoms with Crippen molar-refractivity contribution in [2.75, 3.05) is 26.3 Å². The maximum atomic E-state index is 9.53. The van der Waals surface area contributed by atoms with Gasteiger partial charge in [-0.1, -0.05) is 0 Å². The molecule has 0 amide bonds. The van der Waals surface area contributed by atoms with Crippen LogP contribution in [-0.4, -0.2) is 60.9 Å². The Morgan fingerprint density at radius 1 is 0.824 bits per heavy atom. The number of rotatable bonds is 10. The van der Waals surface area contributed by atoms with E-state index in [-0.39, 0.29) is 12.2 Å². The number of aliphatic hydroxyl groups is 2. The van der Waals surface area contributed by atoms with E-state index in [0.29, 0.717) is 26.3 Å². The van der Waals surface area contributed by atoms with Crippen molar-refractivity contribution < 1.29 is 19.7 Å². The van der Waals surface area contributed by atoms with E-state index in [1.54, 1.807) is 0 Å². The highest BCUT2D eigenvalue weighted by molar-refractivity contribution is 4.63. The van der Waals surface area contributed by atoms with Gasteiger partial charge < -0.3 is 25.0 Å². The molecule has 5 nitrogen and oxygen atoms in total. The molecule has 0 aliphatic carbocycles. The van der Waals surface area contributed by atoms with Gasteiger partial charge in [-0.2, -0.15) is 0 Å². The lowest BCUT2D eigenvalue weighted by atomic mass is 10.3. The van der Waals surface area contributed by atoms with Crippen LogP contribution in [0.15, 0.2) is 0 Å². The van der Waals surface area contributed by atoms with Crippen molar-refractivity contribution in [3.05, 3.63) is 0 Å². The summed E-state index contributed by atoms with van der Waals surface area (Å²) in [5, 5.41) is 22.0. The van der Waals surface area contributed by atoms with E-state index in [9.17, 15) is 10.2 Å². The van der Waals surface area contributed by atoms with E-state index in [2.05, 4.69) is 5.32 Å². The molecule has 0 aliphatic rings. The van der Waals surface area contributed by atoms with Gasteiger partial charge in [0, 0.05) is 13.1 Å². The maximum Gasteiger partial charge on any atom is 0.0897 e. The van der Waals surface area contributed by atoms with Crippen LogP contribution >= 0.6 is 0 Å². The van der Waals surface area contributed by atoms with Gasteiger partial charge in [0.2, 0.25) is 0 Å². The second-order valence-electron chi connectivity index (χ2n) is 4.73. The monoisotopic (exact) mass is 249 g/mol. The standard InChI is InChI=1S/C12H27NO4/c1-9(2)16-7-11(14)5-13-6-12(15)8-17-10(3)4/h9-15H,5-8H2,1-4H3. The third-order valence-corrected chi connectivity index (χ3v) is 2.00. The van der Waals surface area contributed by atoms with Crippen LogP contribution in [0.5, 0.6) is 0 Å². The van der Waals surface area contributed by atoms with Gasteiger partial charge in [0.15, 0.2) is 0 Å². The average molecular weight is 249 g/mol. The Morgan fingerprint density at radius 2 is 1.18 bits per heavy atom. The van der Waals surface area contributed by atoms with E-state index in [1.807, 2.05) is 27.7 Å². The molecule has 3 N–H and O–H groups in total. The topological polar surface area (TPSA) is 71.0 Å². The second-order valence-corrected chi connectivity index (χ2v) is 4.73. The van der Waals surface area contributed by atoms with Crippen LogP contribution in [0.25, 0.3) is 0 Å². The normalized spacial score (nSPS) is 15.5. The van der Waals surface area contributed by atoms with Crippen LogP contribution in [0, 0.1) is 0 Å². The minimum absolute atomic E-state index is 0.120. The van der Waals surface area contributed by atoms with Crippen LogP contribution < -0.4 is 5.32 Å². The molecule has 0 spiro atoms. The first-order chi connectivity index (χ1) is 7.91. The minimum atomic E-state index is -0.546. The third-order valence-electron chi connectivity index (χ3n) is 2.00. The molecule has 0 radical (unpaired) electrons. The third kappa shape index (κ3) is 12.1. The van der Waals surface area contributed by atoms with Crippen LogP contribution in [0.3, 0.4) is 0 Å². The summed E-state index contributed by atoms with van der Waals surface area (Å²) in [6.45, 7) is 9.13. The fourth-order valence-electron chi connectivity index (χ4n) is 1.14. The molecule has 0 saturated carbocycles. The van der Waals surface area contributed by atoms with Gasteiger partial charge in [0.25, 0.3) is 0 Å². The largest absolute Gasteiger partial charge is 0.389 e. The predicted molar refractivity (Wildman–Crippen MR) is 67.1 cm³/mol. The van der Waals surface area contributed by atoms with Crippen molar-refractivity contribution in [3.63, 3.8) is 0 Å². The van der Waals surface area contributed by atoms with Gasteiger partial charge in [-0.3, -0.25) is 0 Å². The van der Waals surface area contributed by atoms with Crippen molar-refractivity contribution in [2.45, 2.75) is 52.1 Å². The molecule has 0 aromatic heterocycles. The van der Waals surface area contributed by atoms with Crippen LogP contribution in [0.1, 0.15) is 27.7 Å². The molecule has 0 bridgehead atoms. The molecule has 0 saturated heterocycles. The van der Waals surface area contributed by atoms with Gasteiger partial charge in [-0.15, -0.1) is 0 Å². The first-order valence-electron chi connectivity index (χ1n) is 6.21. The zero-order valence-corrected chi connectivity index (χ0v) is 11.3. The lowest BCUT2D eigenvalue weighted by Crippen LogP contribution is -2.37. The number of aliphatic hydroxyl groups excluding tert-OH is 2. The molecular formula is C12H27NO4. The van der Waals surface area contributed by atoms with Gasteiger partial charge in [-0.05, 0) is 27.7 Å². The average Bonchev–Trinajstić information content (AvgIpc) is 2.23. The molecule has 104 valence electrons. The Bertz CT molecular complexity index is 158. The number of hydrogen-bond donors (Lipinski definition) is 3. The summed E-state index contributed by atoms with van der Waals surface area (Å²) >= 11 is 0. The van der Waals surface area contributed by atoms with Gasteiger partial charge >= 0.3 is 0 Å². The summed E-state index contributed by atoms with van der Waals surface area (Å²) in [6.07, 6.45) is -0.851. The van der Waals surface area contributed by atoms with Crippen molar-refractivity contribution in [1.82, 2.24) is 5.32 Å². The quantitative estimate of drug-likeness (QED) is 0.514. The molecule has 5 heteroatoms. The molecule has 0 rings (SSSR count). The summed E-state index contributed by atoms with van der Waals surface area (Å²) < 4.78 is 10.5. The Balaban J connectivity index is 3.42. The Hall–Kier alpha value is -0.200. The highest BCUT2D eigenvalue weighted by Gasteiger charge is 2.08. The molecule has 17 heavy (non-hydrogen) atoms. The van der Waals surface area contributed by atoms with E-state index < -0.39 is 12.2 Å². The first-order valence-corrected chi connectivity index (χ1v) is 6.21. The van der Waals surface area contributed by atoms with Gasteiger partial charge in [0.1, 0.15) is 0 Å². The lowest BCUT2D eigenvalue weighted by Gasteiger charge is -2.17. The van der Waals surface area contributed by atoms with Crippen LogP contribution in [0.2, 0.25) is 0 Å². The molecule has 2 atom stereocenters. The SMILES string of the molecule is CC(C)OCC(O)CNCC(O)COC(C)C. The van der Waals surface area contributed by atoms with Crippen molar-refractivity contribution >= 4 is 0 Å². The van der Waals surface area contributed by atoms with E-state index in [1.165, 1.54) is 0 Å². The fraction of sp³-hybridized carbons (Fsp3) is 1.00. The van der Waals surface area contributed by atoms with Gasteiger partial charge in [0.05, 0.1) is 37.6 Å². The Kier molecular flexibility index (Phi) is 9.68. The number of hydrogen-bond acceptors (Lipinski definition) is 5. The Morgan fingerprint density at radius 3 is 1.47 bits per heavy atom. The number of ether oxygens (including phenoxy) is 2. The summed E-state index contributed by atoms with van der Waals surface area (Å²) in [5.41, 5.74) is 0. The summed E-state index contributed by atoms with van der Waals surface area (Å²) in [5.74, 6) is 0. The lowest BCUT2D eigenvalue weighted by molar-refractivity contribution is -0.00401. The highest BCUT2D eigenvalue weighted by Crippen LogP contribution is 1.93. The van der Waals surface area contributed by atoms with Gasteiger partial charge in [-0.25, -0.2) is 0 Å². The van der Waals surface area contributed by atoms with Crippen molar-refractivity contribution in [1.29, 1.82) is 0 Å². The molecule has 0 fully saturated rings. The zero-order chi connectivity index (χ0) is 13.3. The van der Waals surface area contributed by atoms with E-state index in [4.69, 9.17) is 9.47 Å². The van der Waals surface area contributed by atoms with Crippen LogP contribution in [0.4, 0.5) is 0 Å². The summed E-state index contributed by atoms with van der Waals surface area (Å²) in [7, 11) is 0. The predicted octanol–water partition coefficient (Wildman–Crippen LogP) is 0.148. The summed E-state index contributed by atoms with van der Waals surface area (Å²) in [6, 6.07) is 0. The van der Waals surface area contributed by atoms with E-state index in [0.717, 1.165) is 0 Å². The molecule has 0 aromatic carbocycles. The van der Waals surface area contributed by atoms with E-state index >= 15 is 0 Å². The smallest absolute Gasteiger partial charge is 0.0897 e. The molecule has 0 aliphatic heterocycles. The summed E-state index contributed by atoms with van der Waals surface area (Å²) in [4.78, 5) is 0. The first kappa shape index (κ1) is 16.8. The van der Waals surface area contributed by atoms with Crippen LogP contribution in [-0.2, 0) is 9.47 Å². The molecule has 0 aromatic rings. The highest BCUT2D eigenvalue weighted by atomic mass is 16.5. The van der Waals surface area contributed by atoms with Crippen molar-refractivity contribution in [3.8, 4) is 0 Å². The molecule has 2 unspecified atom stereocenters. The maximum absolute atomic E-state index is 9.53. The Labute approximate surface area is 104 Å². The number of nitrogens with one attached hydrogen (secondary N) is 1. The van der Waals surface area contributed by atoms with Crippen molar-refractivity contribution in [2.24, 2.45) is 0 Å². The molecular weight excluding hydrogens is 222 g/mol. The minimum Gasteiger partial charge on any atom is -0.389 e. The molecule has 0 heterocycles. The second kappa shape index (κ2) is 9.79.